The minimum absolute atomic E-state index is 0.146. The van der Waals surface area contributed by atoms with Crippen LogP contribution in [0.1, 0.15) is 68.0 Å². The van der Waals surface area contributed by atoms with E-state index < -0.39 is 133 Å². The zero-order valence-electron chi connectivity index (χ0n) is 31.4. The Hall–Kier alpha value is -2.49. The van der Waals surface area contributed by atoms with Crippen molar-refractivity contribution >= 4 is 36.4 Å². The van der Waals surface area contributed by atoms with Gasteiger partial charge in [-0.1, -0.05) is 45.9 Å². The molecule has 55 heavy (non-hydrogen) atoms. The molecular formula is C30H48N4O18P2Si. The number of H-pyrrole nitrogens is 1. The van der Waals surface area contributed by atoms with Crippen molar-refractivity contribution in [3.63, 3.8) is 0 Å². The number of phosphoric acid groups is 2. The second-order valence-electron chi connectivity index (χ2n) is 15.1. The largest absolute Gasteiger partial charge is 0.606 e. The highest BCUT2D eigenvalue weighted by atomic mass is 31.3. The van der Waals surface area contributed by atoms with E-state index in [-0.39, 0.29) is 6.61 Å². The molecule has 0 saturated carbocycles. The molecular weight excluding hydrogens is 794 g/mol. The second-order valence-corrected chi connectivity index (χ2v) is 23.0. The number of aliphatic hydroxyl groups excluding tert-OH is 2. The van der Waals surface area contributed by atoms with Crippen LogP contribution < -0.4 is 21.5 Å². The van der Waals surface area contributed by atoms with Gasteiger partial charge in [0.1, 0.15) is 49.8 Å². The number of carbonyl (C=O) groups excluding carboxylic acids is 2. The summed E-state index contributed by atoms with van der Waals surface area (Å²) in [5.74, 6) is -1.49. The smallest absolute Gasteiger partial charge is 0.513 e. The average molecular weight is 843 g/mol. The molecule has 1 aromatic heterocycles. The van der Waals surface area contributed by atoms with Crippen LogP contribution in [-0.2, 0) is 55.1 Å². The van der Waals surface area contributed by atoms with Crippen molar-refractivity contribution in [2.45, 2.75) is 127 Å². The van der Waals surface area contributed by atoms with Crippen LogP contribution in [0.4, 0.5) is 0 Å². The number of hydrogen-bond acceptors (Lipinski definition) is 18. The average Bonchev–Trinajstić information content (AvgIpc) is 3.32. The molecule has 2 unspecified atom stereocenters. The molecule has 1 amide bonds. The molecule has 310 valence electrons. The maximum atomic E-state index is 13.8. The van der Waals surface area contributed by atoms with Crippen LogP contribution in [-0.4, -0.2) is 114 Å². The van der Waals surface area contributed by atoms with Crippen LogP contribution in [0, 0.1) is 11.3 Å². The molecule has 0 aliphatic carbocycles. The summed E-state index contributed by atoms with van der Waals surface area (Å²) in [5, 5.41) is 31.6. The Morgan fingerprint density at radius 1 is 1.15 bits per heavy atom. The Bertz CT molecular complexity index is 1750. The topological polar surface area (TPSA) is 309 Å². The molecule has 5 N–H and O–H groups in total. The highest BCUT2D eigenvalue weighted by molar-refractivity contribution is 7.64. The van der Waals surface area contributed by atoms with Crippen LogP contribution in [0.25, 0.3) is 0 Å². The maximum Gasteiger partial charge on any atom is 0.513 e. The number of hydrogen-bond donors (Lipinski definition) is 5. The summed E-state index contributed by atoms with van der Waals surface area (Å²) < 4.78 is 65.2. The lowest BCUT2D eigenvalue weighted by Crippen LogP contribution is -2.73. The van der Waals surface area contributed by atoms with Crippen molar-refractivity contribution in [1.29, 1.82) is 5.26 Å². The summed E-state index contributed by atoms with van der Waals surface area (Å²) in [4.78, 5) is 75.4. The van der Waals surface area contributed by atoms with Crippen molar-refractivity contribution in [3.05, 3.63) is 33.1 Å². The van der Waals surface area contributed by atoms with Gasteiger partial charge < -0.3 is 48.4 Å². The molecule has 3 fully saturated rings. The van der Waals surface area contributed by atoms with E-state index in [1.54, 1.807) is 6.07 Å². The Labute approximate surface area is 317 Å². The van der Waals surface area contributed by atoms with Crippen molar-refractivity contribution in [3.8, 4) is 6.07 Å². The van der Waals surface area contributed by atoms with E-state index in [4.69, 9.17) is 46.2 Å². The molecule has 3 saturated heterocycles. The quantitative estimate of drug-likeness (QED) is 0.0749. The number of ether oxygens (including phenoxy) is 3. The number of aliphatic hydroxyl groups is 2. The van der Waals surface area contributed by atoms with Crippen LogP contribution in [0.5, 0.6) is 0 Å². The van der Waals surface area contributed by atoms with E-state index in [1.165, 1.54) is 0 Å². The third-order valence-electron chi connectivity index (χ3n) is 8.81. The minimum atomic E-state index is -5.68. The van der Waals surface area contributed by atoms with Gasteiger partial charge in [-0.05, 0) is 0 Å². The van der Waals surface area contributed by atoms with Gasteiger partial charge in [-0.25, -0.2) is 9.36 Å². The lowest BCUT2D eigenvalue weighted by Gasteiger charge is -2.57. The molecule has 1 aromatic rings. The van der Waals surface area contributed by atoms with Gasteiger partial charge in [0.25, 0.3) is 5.56 Å². The first kappa shape index (κ1) is 45.2. The normalized spacial score (nSPS) is 31.7. The van der Waals surface area contributed by atoms with Crippen molar-refractivity contribution < 1.29 is 75.1 Å². The van der Waals surface area contributed by atoms with Gasteiger partial charge in [0.15, 0.2) is 18.6 Å². The number of aromatic amines is 1. The van der Waals surface area contributed by atoms with Gasteiger partial charge in [0.05, 0.1) is 19.1 Å². The van der Waals surface area contributed by atoms with Gasteiger partial charge in [-0.15, -0.1) is 0 Å². The molecule has 4 heterocycles. The number of nitrogens with zero attached hydrogens (tertiary/aromatic N) is 2. The Kier molecular flexibility index (Phi) is 14.1. The van der Waals surface area contributed by atoms with Gasteiger partial charge in [0.2, 0.25) is 5.91 Å². The SMILES string of the molecule is CC(=O)N[C@H]1[C@@H](OP(=O)(O)O[P+]([O-])(OCCC#N)OC[C@H]2O[C@@H](n3ccc(=O)[nH]c3=O)[C@H](O)[C@@H]2O)O[C@@H]2CO[Si](C(C)(C)C)(C(C)(C)C)O[C@H]2[C@@H]1OC(C)=O. The highest BCUT2D eigenvalue weighted by Gasteiger charge is 2.66. The lowest BCUT2D eigenvalue weighted by molar-refractivity contribution is -0.267. The Morgan fingerprint density at radius 2 is 1.80 bits per heavy atom. The lowest BCUT2D eigenvalue weighted by atomic mass is 9.96. The molecule has 3 aliphatic heterocycles. The summed E-state index contributed by atoms with van der Waals surface area (Å²) in [6, 6.07) is 1.15. The van der Waals surface area contributed by atoms with Crippen molar-refractivity contribution in [2.75, 3.05) is 19.8 Å². The van der Waals surface area contributed by atoms with Gasteiger partial charge in [0, 0.05) is 36.2 Å². The van der Waals surface area contributed by atoms with Gasteiger partial charge >= 0.3 is 36.2 Å². The number of fused-ring (bicyclic) bond motifs is 1. The summed E-state index contributed by atoms with van der Waals surface area (Å²) in [6.45, 7) is 12.1. The van der Waals surface area contributed by atoms with E-state index in [2.05, 4.69) is 5.32 Å². The standard InChI is InChI=1S/C30H48N4O18P2Si/c1-16(35)32-21-25(47-17(2)36)24-19(15-46-55(51-24,29(3,4)5)30(6,7)8)49-27(21)50-53(41,42)52-54(43,44-13-9-11-31)45-14-18-22(38)23(39)26(48-18)34-12-10-20(37)33-28(34)40/h10,12,18-19,21-27,38-39H,9,13-15H2,1-8H3,(H,32,35)(H,41,42)(H,33,37,40)/t18-,19-,21-,22-,23-,24-,25-,26-,27-,54?/m1/s1. The zero-order valence-corrected chi connectivity index (χ0v) is 34.2. The molecule has 25 heteroatoms. The molecule has 3 aliphatic rings. The molecule has 11 atom stereocenters. The zero-order chi connectivity index (χ0) is 41.3. The predicted molar refractivity (Wildman–Crippen MR) is 186 cm³/mol. The summed E-state index contributed by atoms with van der Waals surface area (Å²) in [5.41, 5.74) is -1.73. The molecule has 0 radical (unpaired) electrons. The third-order valence-corrected chi connectivity index (χ3v) is 17.0. The van der Waals surface area contributed by atoms with Crippen molar-refractivity contribution in [1.82, 2.24) is 14.9 Å². The second kappa shape index (κ2) is 17.2. The number of phosphoric ester groups is 2. The number of aromatic nitrogens is 2. The van der Waals surface area contributed by atoms with Crippen LogP contribution in [0.15, 0.2) is 21.9 Å². The van der Waals surface area contributed by atoms with Crippen LogP contribution >= 0.6 is 16.0 Å². The van der Waals surface area contributed by atoms with E-state index in [1.807, 2.05) is 46.5 Å². The number of carbonyl (C=O) groups is 2. The number of nitriles is 1. The maximum absolute atomic E-state index is 13.8. The van der Waals surface area contributed by atoms with E-state index in [0.29, 0.717) is 0 Å². The van der Waals surface area contributed by atoms with E-state index in [0.717, 1.165) is 30.7 Å². The Morgan fingerprint density at radius 3 is 2.36 bits per heavy atom. The number of amides is 1. The Balaban J connectivity index is 1.59. The first-order valence-corrected chi connectivity index (χ1v) is 21.8. The minimum Gasteiger partial charge on any atom is -0.606 e. The fourth-order valence-electron chi connectivity index (χ4n) is 6.78. The summed E-state index contributed by atoms with van der Waals surface area (Å²) in [7, 11) is -14.2. The fraction of sp³-hybridized carbons (Fsp3) is 0.767. The van der Waals surface area contributed by atoms with E-state index >= 15 is 0 Å². The third kappa shape index (κ3) is 10.3. The molecule has 4 rings (SSSR count). The summed E-state index contributed by atoms with van der Waals surface area (Å²) >= 11 is 0. The first-order chi connectivity index (χ1) is 25.3. The van der Waals surface area contributed by atoms with Crippen LogP contribution in [0.3, 0.4) is 0 Å². The number of nitrogens with one attached hydrogen (secondary N) is 2. The van der Waals surface area contributed by atoms with E-state index in [9.17, 15) is 43.7 Å². The first-order valence-electron chi connectivity index (χ1n) is 17.1. The molecule has 0 aromatic carbocycles. The molecule has 22 nitrogen and oxygen atoms in total. The highest BCUT2D eigenvalue weighted by Crippen LogP contribution is 2.67. The molecule has 0 spiro atoms. The van der Waals surface area contributed by atoms with Crippen molar-refractivity contribution in [2.24, 2.45) is 0 Å². The van der Waals surface area contributed by atoms with Gasteiger partial charge in [-0.2, -0.15) is 14.3 Å². The predicted octanol–water partition coefficient (Wildman–Crippen LogP) is -0.107. The summed E-state index contributed by atoms with van der Waals surface area (Å²) in [6.07, 6.45) is -11.6. The fourth-order valence-corrected chi connectivity index (χ4v) is 14.4. The monoisotopic (exact) mass is 842 g/mol. The number of esters is 1. The van der Waals surface area contributed by atoms with Gasteiger partial charge in [-0.3, -0.25) is 28.5 Å². The number of rotatable bonds is 13. The van der Waals surface area contributed by atoms with Crippen LogP contribution in [0.2, 0.25) is 10.1 Å². The molecule has 0 bridgehead atoms.